The molecule has 12 heteroatoms. The number of hydrogen-bond donors (Lipinski definition) is 1. The number of nitrogens with zero attached hydrogens (tertiary/aromatic N) is 2. The first kappa shape index (κ1) is 22.4. The lowest BCUT2D eigenvalue weighted by atomic mass is 9.97. The van der Waals surface area contributed by atoms with Crippen LogP contribution in [0.1, 0.15) is 12.8 Å². The van der Waals surface area contributed by atoms with E-state index in [-0.39, 0.29) is 52.5 Å². The van der Waals surface area contributed by atoms with Crippen molar-refractivity contribution in [2.45, 2.75) is 17.7 Å². The summed E-state index contributed by atoms with van der Waals surface area (Å²) in [6.45, 7) is 0.123. The van der Waals surface area contributed by atoms with Crippen molar-refractivity contribution in [3.8, 4) is 0 Å². The minimum absolute atomic E-state index is 0.0612. The van der Waals surface area contributed by atoms with E-state index in [0.29, 0.717) is 0 Å². The van der Waals surface area contributed by atoms with Gasteiger partial charge in [0.1, 0.15) is 10.8 Å². The highest BCUT2D eigenvalue weighted by Gasteiger charge is 2.33. The molecule has 2 aromatic rings. The van der Waals surface area contributed by atoms with Gasteiger partial charge in [0.2, 0.25) is 15.9 Å². The molecule has 1 N–H and O–H groups in total. The second kappa shape index (κ2) is 8.84. The first-order chi connectivity index (χ1) is 14.1. The van der Waals surface area contributed by atoms with Crippen LogP contribution in [0.15, 0.2) is 41.3 Å². The summed E-state index contributed by atoms with van der Waals surface area (Å²) >= 11 is 11.4. The molecule has 0 saturated carbocycles. The van der Waals surface area contributed by atoms with Crippen LogP contribution in [0.2, 0.25) is 10.0 Å². The molecule has 30 heavy (non-hydrogen) atoms. The van der Waals surface area contributed by atoms with Crippen LogP contribution >= 0.6 is 23.2 Å². The minimum atomic E-state index is -3.98. The molecule has 0 atom stereocenters. The number of piperidine rings is 1. The van der Waals surface area contributed by atoms with Gasteiger partial charge < -0.3 is 5.32 Å². The Morgan fingerprint density at radius 2 is 1.77 bits per heavy atom. The summed E-state index contributed by atoms with van der Waals surface area (Å²) in [5, 5.41) is 13.4. The lowest BCUT2D eigenvalue weighted by Crippen LogP contribution is -2.41. The summed E-state index contributed by atoms with van der Waals surface area (Å²) in [6.07, 6.45) is 0.494. The maximum atomic E-state index is 13.5. The lowest BCUT2D eigenvalue weighted by Gasteiger charge is -2.30. The molecule has 1 aliphatic rings. The molecule has 0 aromatic heterocycles. The molecule has 0 aliphatic carbocycles. The Balaban J connectivity index is 1.67. The number of nitro benzene ring substituents is 1. The van der Waals surface area contributed by atoms with Gasteiger partial charge in [-0.3, -0.25) is 14.9 Å². The monoisotopic (exact) mass is 475 g/mol. The Bertz CT molecular complexity index is 1100. The molecule has 2 aromatic carbocycles. The van der Waals surface area contributed by atoms with E-state index in [4.69, 9.17) is 23.2 Å². The number of benzene rings is 2. The number of carbonyl (C=O) groups excluding carboxylic acids is 1. The average molecular weight is 476 g/mol. The molecular weight excluding hydrogens is 460 g/mol. The van der Waals surface area contributed by atoms with Gasteiger partial charge in [0.05, 0.1) is 14.8 Å². The Morgan fingerprint density at radius 1 is 1.13 bits per heavy atom. The SMILES string of the molecule is O=C(Nc1ccc(Cl)c(F)c1)C1CCN(S(=O)(=O)c2ccc(Cl)c([N+](=O)[O-])c2)CC1. The van der Waals surface area contributed by atoms with Crippen molar-refractivity contribution in [2.75, 3.05) is 18.4 Å². The number of sulfonamides is 1. The van der Waals surface area contributed by atoms with Crippen molar-refractivity contribution >= 4 is 50.5 Å². The van der Waals surface area contributed by atoms with E-state index in [9.17, 15) is 27.7 Å². The summed E-state index contributed by atoms with van der Waals surface area (Å²) in [5.41, 5.74) is -0.243. The zero-order chi connectivity index (χ0) is 22.1. The zero-order valence-corrected chi connectivity index (χ0v) is 17.7. The third-order valence-electron chi connectivity index (χ3n) is 4.76. The van der Waals surface area contributed by atoms with Gasteiger partial charge in [-0.1, -0.05) is 23.2 Å². The third-order valence-corrected chi connectivity index (χ3v) is 7.28. The van der Waals surface area contributed by atoms with Crippen LogP contribution in [-0.2, 0) is 14.8 Å². The van der Waals surface area contributed by atoms with E-state index in [1.54, 1.807) is 0 Å². The van der Waals surface area contributed by atoms with Gasteiger partial charge in [-0.25, -0.2) is 12.8 Å². The molecule has 8 nitrogen and oxygen atoms in total. The number of halogens is 3. The highest BCUT2D eigenvalue weighted by Crippen LogP contribution is 2.30. The van der Waals surface area contributed by atoms with Crippen molar-refractivity contribution in [1.29, 1.82) is 0 Å². The summed E-state index contributed by atoms with van der Waals surface area (Å²) < 4.78 is 40.3. The van der Waals surface area contributed by atoms with Gasteiger partial charge in [-0.2, -0.15) is 4.31 Å². The standard InChI is InChI=1S/C18H16Cl2FN3O5S/c19-14-3-1-12(9-16(14)21)22-18(25)11-5-7-23(8-6-11)30(28,29)13-2-4-15(20)17(10-13)24(26)27/h1-4,9-11H,5-8H2,(H,22,25). The zero-order valence-electron chi connectivity index (χ0n) is 15.3. The third kappa shape index (κ3) is 4.72. The summed E-state index contributed by atoms with van der Waals surface area (Å²) in [7, 11) is -3.98. The highest BCUT2D eigenvalue weighted by atomic mass is 35.5. The molecule has 1 amide bonds. The molecule has 0 radical (unpaired) electrons. The molecule has 3 rings (SSSR count). The molecule has 1 heterocycles. The van der Waals surface area contributed by atoms with Crippen LogP contribution in [0.5, 0.6) is 0 Å². The molecule has 1 aliphatic heterocycles. The Labute approximate surface area is 181 Å². The number of carbonyl (C=O) groups is 1. The first-order valence-electron chi connectivity index (χ1n) is 8.79. The van der Waals surface area contributed by atoms with Crippen molar-refractivity contribution in [3.05, 3.63) is 62.4 Å². The van der Waals surface area contributed by atoms with E-state index >= 15 is 0 Å². The van der Waals surface area contributed by atoms with Crippen LogP contribution in [0.3, 0.4) is 0 Å². The fourth-order valence-corrected chi connectivity index (χ4v) is 4.91. The molecule has 1 fully saturated rings. The van der Waals surface area contributed by atoms with Gasteiger partial charge in [0, 0.05) is 30.8 Å². The first-order valence-corrected chi connectivity index (χ1v) is 11.0. The van der Waals surface area contributed by atoms with E-state index in [0.717, 1.165) is 18.2 Å². The van der Waals surface area contributed by atoms with Gasteiger partial charge in [-0.05, 0) is 43.2 Å². The topological polar surface area (TPSA) is 110 Å². The second-order valence-corrected chi connectivity index (χ2v) is 9.42. The van der Waals surface area contributed by atoms with E-state index < -0.39 is 32.4 Å². The molecule has 0 bridgehead atoms. The normalized spacial score (nSPS) is 15.7. The fraction of sp³-hybridized carbons (Fsp3) is 0.278. The van der Waals surface area contributed by atoms with Gasteiger partial charge in [-0.15, -0.1) is 0 Å². The molecule has 0 unspecified atom stereocenters. The van der Waals surface area contributed by atoms with Crippen LogP contribution in [-0.4, -0.2) is 36.6 Å². The highest BCUT2D eigenvalue weighted by molar-refractivity contribution is 7.89. The summed E-state index contributed by atoms with van der Waals surface area (Å²) in [4.78, 5) is 22.5. The number of rotatable bonds is 5. The van der Waals surface area contributed by atoms with E-state index in [1.165, 1.54) is 22.5 Å². The lowest BCUT2D eigenvalue weighted by molar-refractivity contribution is -0.384. The van der Waals surface area contributed by atoms with Gasteiger partial charge in [0.25, 0.3) is 5.69 Å². The second-order valence-electron chi connectivity index (χ2n) is 6.67. The number of nitrogens with one attached hydrogen (secondary N) is 1. The van der Waals surface area contributed by atoms with Crippen molar-refractivity contribution in [2.24, 2.45) is 5.92 Å². The molecular formula is C18H16Cl2FN3O5S. The molecule has 160 valence electrons. The number of anilines is 1. The Morgan fingerprint density at radius 3 is 2.37 bits per heavy atom. The van der Waals surface area contributed by atoms with Crippen molar-refractivity contribution in [1.82, 2.24) is 4.31 Å². The predicted molar refractivity (Wildman–Crippen MR) is 110 cm³/mol. The summed E-state index contributed by atoms with van der Waals surface area (Å²) in [6, 6.07) is 7.19. The summed E-state index contributed by atoms with van der Waals surface area (Å²) in [5.74, 6) is -1.47. The van der Waals surface area contributed by atoms with Crippen LogP contribution in [0.25, 0.3) is 0 Å². The smallest absolute Gasteiger partial charge is 0.289 e. The van der Waals surface area contributed by atoms with E-state index in [2.05, 4.69) is 5.32 Å². The van der Waals surface area contributed by atoms with Crippen molar-refractivity contribution < 1.29 is 22.5 Å². The number of hydrogen-bond acceptors (Lipinski definition) is 5. The van der Waals surface area contributed by atoms with Gasteiger partial charge in [0.15, 0.2) is 0 Å². The molecule has 0 spiro atoms. The quantitative estimate of drug-likeness (QED) is 0.517. The largest absolute Gasteiger partial charge is 0.326 e. The fourth-order valence-electron chi connectivity index (χ4n) is 3.12. The molecule has 1 saturated heterocycles. The van der Waals surface area contributed by atoms with Gasteiger partial charge >= 0.3 is 0 Å². The van der Waals surface area contributed by atoms with Crippen LogP contribution < -0.4 is 5.32 Å². The Hall–Kier alpha value is -2.27. The number of amides is 1. The van der Waals surface area contributed by atoms with Crippen LogP contribution in [0.4, 0.5) is 15.8 Å². The average Bonchev–Trinajstić information content (AvgIpc) is 2.70. The van der Waals surface area contributed by atoms with Crippen molar-refractivity contribution in [3.63, 3.8) is 0 Å². The predicted octanol–water partition coefficient (Wildman–Crippen LogP) is 4.08. The Kier molecular flexibility index (Phi) is 6.61. The maximum Gasteiger partial charge on any atom is 0.289 e. The van der Waals surface area contributed by atoms with E-state index in [1.807, 2.05) is 0 Å². The number of nitro groups is 1. The van der Waals surface area contributed by atoms with Crippen LogP contribution in [0, 0.1) is 21.8 Å². The maximum absolute atomic E-state index is 13.5. The minimum Gasteiger partial charge on any atom is -0.326 e.